The maximum Gasteiger partial charge on any atom is 0.272 e. The van der Waals surface area contributed by atoms with Crippen molar-refractivity contribution in [2.75, 3.05) is 13.1 Å². The van der Waals surface area contributed by atoms with Crippen molar-refractivity contribution in [1.82, 2.24) is 20.4 Å². The van der Waals surface area contributed by atoms with Crippen LogP contribution in [0.3, 0.4) is 0 Å². The Bertz CT molecular complexity index is 784. The van der Waals surface area contributed by atoms with Gasteiger partial charge in [-0.3, -0.25) is 9.48 Å². The fourth-order valence-electron chi connectivity index (χ4n) is 4.40. The van der Waals surface area contributed by atoms with E-state index in [1.807, 2.05) is 16.9 Å². The predicted octanol–water partition coefficient (Wildman–Crippen LogP) is 4.03. The van der Waals surface area contributed by atoms with Gasteiger partial charge in [0.25, 0.3) is 5.91 Å². The second-order valence-corrected chi connectivity index (χ2v) is 7.70. The highest BCUT2D eigenvalue weighted by Crippen LogP contribution is 2.36. The van der Waals surface area contributed by atoms with E-state index in [0.29, 0.717) is 11.3 Å². The summed E-state index contributed by atoms with van der Waals surface area (Å²) in [6.45, 7) is 1.92. The molecule has 1 saturated carbocycles. The van der Waals surface area contributed by atoms with E-state index in [4.69, 9.17) is 0 Å². The van der Waals surface area contributed by atoms with Crippen LogP contribution in [0.2, 0.25) is 0 Å². The maximum absolute atomic E-state index is 14.4. The molecule has 2 N–H and O–H groups in total. The first-order chi connectivity index (χ1) is 13.2. The molecule has 2 atom stereocenters. The number of hydrogen-bond donors (Lipinski definition) is 2. The Morgan fingerprint density at radius 1 is 1.18 bits per heavy atom. The third-order valence-electron chi connectivity index (χ3n) is 5.88. The molecule has 2 fully saturated rings. The Kier molecular flexibility index (Phi) is 7.08. The van der Waals surface area contributed by atoms with Crippen LogP contribution >= 0.6 is 12.4 Å². The minimum Gasteiger partial charge on any atom is -0.343 e. The summed E-state index contributed by atoms with van der Waals surface area (Å²) < 4.78 is 16.3. The van der Waals surface area contributed by atoms with Crippen LogP contribution in [0.25, 0.3) is 0 Å². The minimum atomic E-state index is -0.303. The highest BCUT2D eigenvalue weighted by Gasteiger charge is 2.30. The largest absolute Gasteiger partial charge is 0.343 e. The number of hydrogen-bond acceptors (Lipinski definition) is 3. The molecule has 28 heavy (non-hydrogen) atoms. The number of nitrogens with zero attached hydrogens (tertiary/aromatic N) is 2. The minimum absolute atomic E-state index is 0. The maximum atomic E-state index is 14.4. The summed E-state index contributed by atoms with van der Waals surface area (Å²) in [5, 5.41) is 10.9. The summed E-state index contributed by atoms with van der Waals surface area (Å²) in [4.78, 5) is 12.9. The summed E-state index contributed by atoms with van der Waals surface area (Å²) in [5.41, 5.74) is 0.980. The second kappa shape index (κ2) is 9.52. The summed E-state index contributed by atoms with van der Waals surface area (Å²) in [5.74, 6) is -0.207. The molecule has 1 aromatic carbocycles. The lowest BCUT2D eigenvalue weighted by Gasteiger charge is -2.25. The van der Waals surface area contributed by atoms with E-state index in [0.717, 1.165) is 51.6 Å². The van der Waals surface area contributed by atoms with Crippen molar-refractivity contribution in [3.63, 3.8) is 0 Å². The molecule has 2 aliphatic rings. The first-order valence-corrected chi connectivity index (χ1v) is 10.0. The van der Waals surface area contributed by atoms with Crippen molar-refractivity contribution in [2.24, 2.45) is 5.92 Å². The number of benzene rings is 1. The summed E-state index contributed by atoms with van der Waals surface area (Å²) in [7, 11) is 0. The van der Waals surface area contributed by atoms with Gasteiger partial charge in [-0.2, -0.15) is 5.10 Å². The van der Waals surface area contributed by atoms with E-state index in [2.05, 4.69) is 15.7 Å². The molecule has 1 aliphatic carbocycles. The van der Waals surface area contributed by atoms with Crippen LogP contribution in [0.1, 0.15) is 66.7 Å². The lowest BCUT2D eigenvalue weighted by Crippen LogP contribution is -2.34. The van der Waals surface area contributed by atoms with Crippen LogP contribution in [-0.2, 0) is 0 Å². The van der Waals surface area contributed by atoms with Crippen LogP contribution in [0.15, 0.2) is 36.5 Å². The Morgan fingerprint density at radius 2 is 1.96 bits per heavy atom. The number of carbonyl (C=O) groups excluding carboxylic acids is 1. The zero-order valence-electron chi connectivity index (χ0n) is 15.9. The average molecular weight is 407 g/mol. The van der Waals surface area contributed by atoms with Gasteiger partial charge in [0, 0.05) is 18.3 Å². The molecule has 2 unspecified atom stereocenters. The smallest absolute Gasteiger partial charge is 0.272 e. The standard InChI is InChI=1S/C21H27FN4O.ClH/c22-18-10-4-3-9-17(18)20(15-6-1-2-7-15)24-21(27)19-11-13-26(25-19)16-8-5-12-23-14-16;/h3-4,9-11,13,15-16,20,23H,1-2,5-8,12,14H2,(H,24,27);1H. The number of halogens is 2. The number of nitrogens with one attached hydrogen (secondary N) is 2. The number of piperidine rings is 1. The van der Waals surface area contributed by atoms with Crippen molar-refractivity contribution in [3.05, 3.63) is 53.6 Å². The number of amides is 1. The van der Waals surface area contributed by atoms with E-state index in [1.165, 1.54) is 6.07 Å². The van der Waals surface area contributed by atoms with Gasteiger partial charge in [-0.1, -0.05) is 31.0 Å². The molecule has 0 spiro atoms. The summed E-state index contributed by atoms with van der Waals surface area (Å²) >= 11 is 0. The molecule has 7 heteroatoms. The van der Waals surface area contributed by atoms with Gasteiger partial charge in [-0.25, -0.2) is 4.39 Å². The summed E-state index contributed by atoms with van der Waals surface area (Å²) in [6.07, 6.45) is 8.35. The van der Waals surface area contributed by atoms with Gasteiger partial charge in [0.2, 0.25) is 0 Å². The van der Waals surface area contributed by atoms with Crippen molar-refractivity contribution in [3.8, 4) is 0 Å². The number of rotatable bonds is 5. The van der Waals surface area contributed by atoms with Gasteiger partial charge in [0.15, 0.2) is 0 Å². The van der Waals surface area contributed by atoms with Crippen LogP contribution < -0.4 is 10.6 Å². The molecule has 1 saturated heterocycles. The topological polar surface area (TPSA) is 59.0 Å². The number of aromatic nitrogens is 2. The first kappa shape index (κ1) is 20.8. The molecular weight excluding hydrogens is 379 g/mol. The van der Waals surface area contributed by atoms with Gasteiger partial charge >= 0.3 is 0 Å². The van der Waals surface area contributed by atoms with E-state index in [1.54, 1.807) is 18.2 Å². The third-order valence-corrected chi connectivity index (χ3v) is 5.88. The predicted molar refractivity (Wildman–Crippen MR) is 109 cm³/mol. The van der Waals surface area contributed by atoms with Crippen molar-refractivity contribution in [2.45, 2.75) is 50.6 Å². The fourth-order valence-corrected chi connectivity index (χ4v) is 4.40. The molecular formula is C21H28ClFN4O. The molecule has 0 bridgehead atoms. The quantitative estimate of drug-likeness (QED) is 0.788. The van der Waals surface area contributed by atoms with Crippen LogP contribution in [0, 0.1) is 11.7 Å². The first-order valence-electron chi connectivity index (χ1n) is 10.0. The van der Waals surface area contributed by atoms with Crippen LogP contribution in [-0.4, -0.2) is 28.8 Å². The molecule has 152 valence electrons. The lowest BCUT2D eigenvalue weighted by atomic mass is 9.91. The Hall–Kier alpha value is -1.92. The van der Waals surface area contributed by atoms with Crippen LogP contribution in [0.4, 0.5) is 4.39 Å². The van der Waals surface area contributed by atoms with Gasteiger partial charge in [0.05, 0.1) is 12.1 Å². The van der Waals surface area contributed by atoms with Gasteiger partial charge in [0.1, 0.15) is 11.5 Å². The van der Waals surface area contributed by atoms with Crippen molar-refractivity contribution >= 4 is 18.3 Å². The summed E-state index contributed by atoms with van der Waals surface area (Å²) in [6, 6.07) is 8.51. The van der Waals surface area contributed by atoms with E-state index < -0.39 is 0 Å². The Balaban J connectivity index is 0.00000225. The molecule has 1 aromatic heterocycles. The zero-order chi connectivity index (χ0) is 18.6. The lowest BCUT2D eigenvalue weighted by molar-refractivity contribution is 0.0914. The van der Waals surface area contributed by atoms with E-state index in [-0.39, 0.29) is 42.1 Å². The zero-order valence-corrected chi connectivity index (χ0v) is 16.8. The molecule has 0 radical (unpaired) electrons. The Morgan fingerprint density at radius 3 is 2.68 bits per heavy atom. The number of carbonyl (C=O) groups is 1. The highest BCUT2D eigenvalue weighted by atomic mass is 35.5. The Labute approximate surface area is 171 Å². The van der Waals surface area contributed by atoms with Gasteiger partial charge < -0.3 is 10.6 Å². The van der Waals surface area contributed by atoms with Gasteiger partial charge in [-0.05, 0) is 50.3 Å². The second-order valence-electron chi connectivity index (χ2n) is 7.70. The SMILES string of the molecule is Cl.O=C(NC(c1ccccc1F)C1CCCC1)c1ccn(C2CCCNC2)n1. The molecule has 1 aliphatic heterocycles. The highest BCUT2D eigenvalue weighted by molar-refractivity contribution is 5.92. The molecule has 4 rings (SSSR count). The van der Waals surface area contributed by atoms with Gasteiger partial charge in [-0.15, -0.1) is 12.4 Å². The molecule has 2 heterocycles. The monoisotopic (exact) mass is 406 g/mol. The van der Waals surface area contributed by atoms with E-state index >= 15 is 0 Å². The van der Waals surface area contributed by atoms with Crippen LogP contribution in [0.5, 0.6) is 0 Å². The average Bonchev–Trinajstić information content (AvgIpc) is 3.39. The normalized spacial score (nSPS) is 21.1. The molecule has 1 amide bonds. The van der Waals surface area contributed by atoms with Crippen molar-refractivity contribution < 1.29 is 9.18 Å². The molecule has 2 aromatic rings. The fraction of sp³-hybridized carbons (Fsp3) is 0.524. The van der Waals surface area contributed by atoms with Crippen molar-refractivity contribution in [1.29, 1.82) is 0 Å². The van der Waals surface area contributed by atoms with E-state index in [9.17, 15) is 9.18 Å². The molecule has 5 nitrogen and oxygen atoms in total. The third kappa shape index (κ3) is 4.55.